The van der Waals surface area contributed by atoms with E-state index in [2.05, 4.69) is 16.0 Å². The lowest BCUT2D eigenvalue weighted by Gasteiger charge is -2.23. The van der Waals surface area contributed by atoms with Crippen LogP contribution < -0.4 is 21.7 Å². The number of thioether (sulfide) groups is 1. The van der Waals surface area contributed by atoms with Gasteiger partial charge in [0.25, 0.3) is 0 Å². The maximum absolute atomic E-state index is 12.5. The van der Waals surface area contributed by atoms with E-state index < -0.39 is 72.6 Å². The molecule has 0 aliphatic heterocycles. The number of nitrogens with two attached hydrogens (primary N) is 1. The fourth-order valence-corrected chi connectivity index (χ4v) is 2.74. The minimum Gasteiger partial charge on any atom is -0.481 e. The number of hydrogen-bond donors (Lipinski definition) is 7. The minimum absolute atomic E-state index is 0.121. The Balaban J connectivity index is 5.14. The zero-order valence-corrected chi connectivity index (χ0v) is 17.9. The fourth-order valence-electron chi connectivity index (χ4n) is 2.27. The molecule has 31 heavy (non-hydrogen) atoms. The van der Waals surface area contributed by atoms with Crippen molar-refractivity contribution in [3.05, 3.63) is 0 Å². The molecule has 0 aromatic rings. The molecule has 0 fully saturated rings. The van der Waals surface area contributed by atoms with E-state index in [1.165, 1.54) is 18.7 Å². The van der Waals surface area contributed by atoms with Crippen molar-refractivity contribution in [3.8, 4) is 0 Å². The predicted molar refractivity (Wildman–Crippen MR) is 109 cm³/mol. The van der Waals surface area contributed by atoms with Crippen molar-refractivity contribution >= 4 is 47.4 Å². The van der Waals surface area contributed by atoms with Gasteiger partial charge in [-0.1, -0.05) is 0 Å². The molecule has 0 aliphatic carbocycles. The highest BCUT2D eigenvalue weighted by Crippen LogP contribution is 2.05. The second-order valence-electron chi connectivity index (χ2n) is 6.61. The standard InChI is InChI=1S/C17H28N4O9S/c1-8(19-15(27)9(18)7-13(24)25)14(26)20-10(3-4-12(22)23)16(28)21-11(17(29)30)5-6-31-2/h8-11H,3-7,18H2,1-2H3,(H,19,27)(H,20,26)(H,21,28)(H,22,23)(H,24,25)(H,29,30). The van der Waals surface area contributed by atoms with Crippen LogP contribution in [0.1, 0.15) is 32.6 Å². The number of hydrogen-bond acceptors (Lipinski definition) is 8. The normalized spacial score (nSPS) is 14.4. The monoisotopic (exact) mass is 464 g/mol. The van der Waals surface area contributed by atoms with Crippen LogP contribution in [0.2, 0.25) is 0 Å². The lowest BCUT2D eigenvalue weighted by atomic mass is 10.1. The first-order valence-electron chi connectivity index (χ1n) is 9.21. The van der Waals surface area contributed by atoms with Crippen molar-refractivity contribution in [2.75, 3.05) is 12.0 Å². The van der Waals surface area contributed by atoms with Gasteiger partial charge in [-0.2, -0.15) is 11.8 Å². The lowest BCUT2D eigenvalue weighted by molar-refractivity contribution is -0.143. The van der Waals surface area contributed by atoms with Crippen LogP contribution in [0.25, 0.3) is 0 Å². The topological polar surface area (TPSA) is 225 Å². The molecule has 0 saturated heterocycles. The van der Waals surface area contributed by atoms with E-state index >= 15 is 0 Å². The van der Waals surface area contributed by atoms with E-state index in [0.717, 1.165) is 0 Å². The Morgan fingerprint density at radius 1 is 0.839 bits per heavy atom. The molecule has 3 amide bonds. The van der Waals surface area contributed by atoms with Crippen LogP contribution in [0.4, 0.5) is 0 Å². The summed E-state index contributed by atoms with van der Waals surface area (Å²) in [6.07, 6.45) is 0.424. The van der Waals surface area contributed by atoms with Crippen molar-refractivity contribution in [2.45, 2.75) is 56.8 Å². The Morgan fingerprint density at radius 2 is 1.42 bits per heavy atom. The van der Waals surface area contributed by atoms with Gasteiger partial charge in [0.05, 0.1) is 12.5 Å². The molecule has 4 unspecified atom stereocenters. The van der Waals surface area contributed by atoms with Gasteiger partial charge in [0.1, 0.15) is 18.1 Å². The summed E-state index contributed by atoms with van der Waals surface area (Å²) in [5.74, 6) is -6.02. The summed E-state index contributed by atoms with van der Waals surface area (Å²) < 4.78 is 0. The predicted octanol–water partition coefficient (Wildman–Crippen LogP) is -2.03. The number of rotatable bonds is 15. The first-order chi connectivity index (χ1) is 14.4. The molecule has 4 atom stereocenters. The van der Waals surface area contributed by atoms with Crippen molar-refractivity contribution < 1.29 is 44.1 Å². The number of carboxylic acids is 3. The van der Waals surface area contributed by atoms with Crippen LogP contribution in [-0.4, -0.2) is 87.1 Å². The molecule has 0 rings (SSSR count). The Kier molecular flexibility index (Phi) is 12.9. The second kappa shape index (κ2) is 14.2. The minimum atomic E-state index is -1.40. The maximum atomic E-state index is 12.5. The van der Waals surface area contributed by atoms with E-state index in [0.29, 0.717) is 5.75 Å². The van der Waals surface area contributed by atoms with Gasteiger partial charge in [-0.3, -0.25) is 24.0 Å². The Morgan fingerprint density at radius 3 is 1.90 bits per heavy atom. The Labute approximate surface area is 182 Å². The van der Waals surface area contributed by atoms with Crippen LogP contribution in [0.5, 0.6) is 0 Å². The summed E-state index contributed by atoms with van der Waals surface area (Å²) in [6, 6.07) is -5.21. The molecule has 0 aliphatic rings. The van der Waals surface area contributed by atoms with Crippen molar-refractivity contribution in [2.24, 2.45) is 5.73 Å². The molecule has 0 saturated carbocycles. The summed E-state index contributed by atoms with van der Waals surface area (Å²) >= 11 is 1.37. The van der Waals surface area contributed by atoms with Gasteiger partial charge in [0, 0.05) is 6.42 Å². The van der Waals surface area contributed by atoms with Gasteiger partial charge < -0.3 is 37.0 Å². The third-order valence-electron chi connectivity index (χ3n) is 3.99. The molecule has 176 valence electrons. The zero-order valence-electron chi connectivity index (χ0n) is 17.1. The highest BCUT2D eigenvalue weighted by atomic mass is 32.2. The summed E-state index contributed by atoms with van der Waals surface area (Å²) in [5.41, 5.74) is 5.41. The first-order valence-corrected chi connectivity index (χ1v) is 10.6. The average Bonchev–Trinajstić information content (AvgIpc) is 2.66. The summed E-state index contributed by atoms with van der Waals surface area (Å²) in [5, 5.41) is 33.5. The molecule has 13 nitrogen and oxygen atoms in total. The molecule has 14 heteroatoms. The molecular formula is C17H28N4O9S. The van der Waals surface area contributed by atoms with E-state index in [1.54, 1.807) is 6.26 Å². The average molecular weight is 464 g/mol. The molecule has 0 spiro atoms. The molecular weight excluding hydrogens is 436 g/mol. The van der Waals surface area contributed by atoms with Crippen LogP contribution >= 0.6 is 11.8 Å². The number of carboxylic acid groups (broad SMARTS) is 3. The highest BCUT2D eigenvalue weighted by molar-refractivity contribution is 7.98. The Bertz CT molecular complexity index is 689. The summed E-state index contributed by atoms with van der Waals surface area (Å²) in [7, 11) is 0. The van der Waals surface area contributed by atoms with Gasteiger partial charge in [-0.25, -0.2) is 4.79 Å². The number of amides is 3. The number of carbonyl (C=O) groups excluding carboxylic acids is 3. The highest BCUT2D eigenvalue weighted by Gasteiger charge is 2.29. The van der Waals surface area contributed by atoms with Crippen LogP contribution in [-0.2, 0) is 28.8 Å². The van der Waals surface area contributed by atoms with Crippen LogP contribution in [0.15, 0.2) is 0 Å². The third kappa shape index (κ3) is 11.8. The second-order valence-corrected chi connectivity index (χ2v) is 7.59. The third-order valence-corrected chi connectivity index (χ3v) is 4.63. The fraction of sp³-hybridized carbons (Fsp3) is 0.647. The molecule has 0 aromatic carbocycles. The van der Waals surface area contributed by atoms with Crippen LogP contribution in [0, 0.1) is 0 Å². The summed E-state index contributed by atoms with van der Waals surface area (Å²) in [4.78, 5) is 69.5. The molecule has 8 N–H and O–H groups in total. The Hall–Kier alpha value is -2.87. The molecule has 0 aromatic heterocycles. The SMILES string of the molecule is CSCCC(NC(=O)C(CCC(=O)O)NC(=O)C(C)NC(=O)C(N)CC(=O)O)C(=O)O. The van der Waals surface area contributed by atoms with Crippen LogP contribution in [0.3, 0.4) is 0 Å². The van der Waals surface area contributed by atoms with E-state index in [1.807, 2.05) is 0 Å². The molecule has 0 heterocycles. The quantitative estimate of drug-likeness (QED) is 0.140. The van der Waals surface area contributed by atoms with Gasteiger partial charge in [0.15, 0.2) is 0 Å². The summed E-state index contributed by atoms with van der Waals surface area (Å²) in [6.45, 7) is 1.26. The lowest BCUT2D eigenvalue weighted by Crippen LogP contribution is -2.56. The van der Waals surface area contributed by atoms with Gasteiger partial charge in [-0.05, 0) is 31.8 Å². The molecule has 0 bridgehead atoms. The zero-order chi connectivity index (χ0) is 24.1. The first kappa shape index (κ1) is 28.1. The van der Waals surface area contributed by atoms with E-state index in [-0.39, 0.29) is 12.8 Å². The van der Waals surface area contributed by atoms with E-state index in [9.17, 15) is 33.9 Å². The van der Waals surface area contributed by atoms with Crippen molar-refractivity contribution in [3.63, 3.8) is 0 Å². The number of nitrogens with one attached hydrogen (secondary N) is 3. The largest absolute Gasteiger partial charge is 0.481 e. The van der Waals surface area contributed by atoms with Gasteiger partial charge >= 0.3 is 17.9 Å². The molecule has 0 radical (unpaired) electrons. The number of aliphatic carboxylic acids is 3. The van der Waals surface area contributed by atoms with Crippen molar-refractivity contribution in [1.82, 2.24) is 16.0 Å². The van der Waals surface area contributed by atoms with Gasteiger partial charge in [-0.15, -0.1) is 0 Å². The smallest absolute Gasteiger partial charge is 0.326 e. The number of carbonyl (C=O) groups is 6. The van der Waals surface area contributed by atoms with Gasteiger partial charge in [0.2, 0.25) is 17.7 Å². The van der Waals surface area contributed by atoms with E-state index in [4.69, 9.17) is 15.9 Å². The van der Waals surface area contributed by atoms with Crippen molar-refractivity contribution in [1.29, 1.82) is 0 Å². The maximum Gasteiger partial charge on any atom is 0.326 e.